The van der Waals surface area contributed by atoms with Crippen LogP contribution in [0.2, 0.25) is 0 Å². The Labute approximate surface area is 193 Å². The lowest BCUT2D eigenvalue weighted by molar-refractivity contribution is -0.111. The Hall–Kier alpha value is -3.89. The number of likely N-dealkylation sites (N-methyl/N-ethyl adjacent to an activating group) is 1. The number of likely N-dealkylation sites (tertiary alicyclic amines) is 1. The normalized spacial score (nSPS) is 16.1. The number of carbonyl (C=O) groups is 1. The molecule has 1 atom stereocenters. The van der Waals surface area contributed by atoms with Crippen molar-refractivity contribution in [1.82, 2.24) is 14.9 Å². The minimum Gasteiger partial charge on any atom is -0.492 e. The molecule has 3 aromatic rings. The molecule has 1 fully saturated rings. The lowest BCUT2D eigenvalue weighted by atomic mass is 10.1. The zero-order valence-corrected chi connectivity index (χ0v) is 18.8. The zero-order valence-electron chi connectivity index (χ0n) is 18.8. The number of nitrogens with one attached hydrogen (secondary N) is 2. The summed E-state index contributed by atoms with van der Waals surface area (Å²) in [6, 6.07) is 11.5. The van der Waals surface area contributed by atoms with E-state index in [9.17, 15) is 4.79 Å². The van der Waals surface area contributed by atoms with E-state index in [1.54, 1.807) is 6.08 Å². The Balaban J connectivity index is 1.64. The molecule has 0 radical (unpaired) electrons. The van der Waals surface area contributed by atoms with Crippen molar-refractivity contribution in [3.8, 4) is 18.1 Å². The number of hydrogen-bond donors (Lipinski definition) is 2. The quantitative estimate of drug-likeness (QED) is 0.419. The predicted molar refractivity (Wildman–Crippen MR) is 132 cm³/mol. The van der Waals surface area contributed by atoms with E-state index in [1.165, 1.54) is 6.33 Å². The first-order valence-corrected chi connectivity index (χ1v) is 11.0. The number of rotatable bonds is 7. The second-order valence-electron chi connectivity index (χ2n) is 7.91. The molecular weight excluding hydrogens is 414 g/mol. The number of amides is 1. The van der Waals surface area contributed by atoms with Gasteiger partial charge < -0.3 is 15.4 Å². The maximum Gasteiger partial charge on any atom is 0.248 e. The molecule has 0 spiro atoms. The Morgan fingerprint density at radius 1 is 1.33 bits per heavy atom. The van der Waals surface area contributed by atoms with Gasteiger partial charge in [-0.3, -0.25) is 9.69 Å². The van der Waals surface area contributed by atoms with Gasteiger partial charge in [-0.05, 0) is 57.6 Å². The average molecular weight is 442 g/mol. The molecule has 2 aromatic carbocycles. The number of terminal acetylenes is 1. The molecule has 7 heteroatoms. The molecule has 168 valence electrons. The van der Waals surface area contributed by atoms with Crippen LogP contribution in [0.5, 0.6) is 5.75 Å². The second kappa shape index (κ2) is 10.2. The first-order valence-electron chi connectivity index (χ1n) is 11.0. The molecule has 0 saturated carbocycles. The summed E-state index contributed by atoms with van der Waals surface area (Å²) in [6.07, 6.45) is 12.8. The summed E-state index contributed by atoms with van der Waals surface area (Å²) in [5, 5.41) is 7.01. The van der Waals surface area contributed by atoms with Crippen LogP contribution in [0.4, 0.5) is 17.2 Å². The number of anilines is 3. The number of hydrogen-bond acceptors (Lipinski definition) is 6. The monoisotopic (exact) mass is 441 g/mol. The van der Waals surface area contributed by atoms with E-state index in [1.807, 2.05) is 49.4 Å². The van der Waals surface area contributed by atoms with E-state index >= 15 is 0 Å². The highest BCUT2D eigenvalue weighted by molar-refractivity contribution is 6.03. The average Bonchev–Trinajstić information content (AvgIpc) is 3.23. The molecule has 1 saturated heterocycles. The van der Waals surface area contributed by atoms with Crippen LogP contribution < -0.4 is 15.4 Å². The van der Waals surface area contributed by atoms with Crippen LogP contribution in [0.25, 0.3) is 10.9 Å². The van der Waals surface area contributed by atoms with Crippen molar-refractivity contribution in [1.29, 1.82) is 0 Å². The van der Waals surface area contributed by atoms with Crippen molar-refractivity contribution >= 4 is 34.0 Å². The largest absolute Gasteiger partial charge is 0.492 e. The third kappa shape index (κ3) is 5.30. The van der Waals surface area contributed by atoms with Crippen LogP contribution >= 0.6 is 0 Å². The van der Waals surface area contributed by atoms with Crippen molar-refractivity contribution in [2.75, 3.05) is 30.8 Å². The van der Waals surface area contributed by atoms with E-state index in [4.69, 9.17) is 11.2 Å². The minimum atomic E-state index is -0.205. The lowest BCUT2D eigenvalue weighted by Gasteiger charge is -2.15. The Morgan fingerprint density at radius 3 is 2.97 bits per heavy atom. The first-order chi connectivity index (χ1) is 16.1. The zero-order chi connectivity index (χ0) is 23.2. The van der Waals surface area contributed by atoms with Crippen LogP contribution in [-0.4, -0.2) is 47.0 Å². The third-order valence-corrected chi connectivity index (χ3v) is 5.63. The van der Waals surface area contributed by atoms with E-state index in [0.29, 0.717) is 35.4 Å². The summed E-state index contributed by atoms with van der Waals surface area (Å²) in [7, 11) is 2.07. The van der Waals surface area contributed by atoms with E-state index in [-0.39, 0.29) is 5.91 Å². The van der Waals surface area contributed by atoms with Crippen molar-refractivity contribution in [2.45, 2.75) is 25.8 Å². The molecule has 33 heavy (non-hydrogen) atoms. The number of aromatic nitrogens is 2. The topological polar surface area (TPSA) is 79.4 Å². The molecule has 0 bridgehead atoms. The number of nitrogens with zero attached hydrogens (tertiary/aromatic N) is 3. The number of carbonyl (C=O) groups excluding carboxylic acids is 1. The Kier molecular flexibility index (Phi) is 6.86. The van der Waals surface area contributed by atoms with Crippen molar-refractivity contribution in [3.05, 3.63) is 60.4 Å². The highest BCUT2D eigenvalue weighted by Gasteiger charge is 2.18. The highest BCUT2D eigenvalue weighted by atomic mass is 16.5. The van der Waals surface area contributed by atoms with E-state index in [2.05, 4.69) is 38.5 Å². The van der Waals surface area contributed by atoms with Crippen LogP contribution in [0.3, 0.4) is 0 Å². The van der Waals surface area contributed by atoms with Gasteiger partial charge in [-0.2, -0.15) is 0 Å². The lowest BCUT2D eigenvalue weighted by Crippen LogP contribution is -2.23. The molecule has 1 aromatic heterocycles. The first kappa shape index (κ1) is 22.3. The summed E-state index contributed by atoms with van der Waals surface area (Å²) in [6.45, 7) is 3.42. The fourth-order valence-corrected chi connectivity index (χ4v) is 3.93. The van der Waals surface area contributed by atoms with Gasteiger partial charge in [0.25, 0.3) is 0 Å². The highest BCUT2D eigenvalue weighted by Crippen LogP contribution is 2.33. The van der Waals surface area contributed by atoms with Crippen molar-refractivity contribution in [2.24, 2.45) is 0 Å². The van der Waals surface area contributed by atoms with E-state index in [0.717, 1.165) is 36.0 Å². The van der Waals surface area contributed by atoms with Crippen LogP contribution in [0.15, 0.2) is 54.9 Å². The van der Waals surface area contributed by atoms with Gasteiger partial charge >= 0.3 is 0 Å². The summed E-state index contributed by atoms with van der Waals surface area (Å²) >= 11 is 0. The van der Waals surface area contributed by atoms with Gasteiger partial charge in [0.2, 0.25) is 5.91 Å². The van der Waals surface area contributed by atoms with Gasteiger partial charge in [0.05, 0.1) is 17.8 Å². The van der Waals surface area contributed by atoms with Crippen LogP contribution in [0.1, 0.15) is 25.3 Å². The van der Waals surface area contributed by atoms with Crippen LogP contribution in [-0.2, 0) is 4.79 Å². The molecule has 1 amide bonds. The summed E-state index contributed by atoms with van der Waals surface area (Å²) in [4.78, 5) is 23.7. The summed E-state index contributed by atoms with van der Waals surface area (Å²) in [5.74, 6) is 3.59. The Bertz CT molecular complexity index is 1230. The van der Waals surface area contributed by atoms with Crippen molar-refractivity contribution < 1.29 is 9.53 Å². The molecule has 1 aliphatic rings. The third-order valence-electron chi connectivity index (χ3n) is 5.63. The minimum absolute atomic E-state index is 0.205. The molecule has 2 heterocycles. The summed E-state index contributed by atoms with van der Waals surface area (Å²) < 4.78 is 5.78. The van der Waals surface area contributed by atoms with Gasteiger partial charge in [-0.1, -0.05) is 18.1 Å². The predicted octanol–water partition coefficient (Wildman–Crippen LogP) is 4.34. The molecule has 2 N–H and O–H groups in total. The maximum absolute atomic E-state index is 12.7. The van der Waals surface area contributed by atoms with Gasteiger partial charge in [0, 0.05) is 34.8 Å². The second-order valence-corrected chi connectivity index (χ2v) is 7.91. The molecular formula is C26H27N5O2. The molecule has 7 nitrogen and oxygen atoms in total. The standard InChI is InChI=1S/C26H27N5O2/c1-4-18-8-6-9-19(14-18)29-26-21-15-23(24(33-5-2)16-22(21)27-17-28-26)30-25(32)12-11-20-10-7-13-31(20)3/h1,6,8-9,11-12,14-17,20H,5,7,10,13H2,2-3H3,(H,30,32)(H,27,28,29)/b12-11+. The van der Waals surface area contributed by atoms with Crippen LogP contribution in [0, 0.1) is 12.3 Å². The number of fused-ring (bicyclic) bond motifs is 1. The fourth-order valence-electron chi connectivity index (χ4n) is 3.93. The van der Waals surface area contributed by atoms with Gasteiger partial charge in [0.15, 0.2) is 0 Å². The SMILES string of the molecule is C#Cc1cccc(Nc2ncnc3cc(OCC)c(NC(=O)/C=C/C4CCCN4C)cc23)c1. The smallest absolute Gasteiger partial charge is 0.248 e. The van der Waals surface area contributed by atoms with Crippen molar-refractivity contribution in [3.63, 3.8) is 0 Å². The van der Waals surface area contributed by atoms with Gasteiger partial charge in [-0.15, -0.1) is 6.42 Å². The van der Waals surface area contributed by atoms with Gasteiger partial charge in [0.1, 0.15) is 17.9 Å². The fraction of sp³-hybridized carbons (Fsp3) is 0.269. The number of benzene rings is 2. The maximum atomic E-state index is 12.7. The van der Waals surface area contributed by atoms with Gasteiger partial charge in [-0.25, -0.2) is 9.97 Å². The molecule has 1 aliphatic heterocycles. The Morgan fingerprint density at radius 2 is 2.21 bits per heavy atom. The summed E-state index contributed by atoms with van der Waals surface area (Å²) in [5.41, 5.74) is 2.84. The molecule has 1 unspecified atom stereocenters. The molecule has 0 aliphatic carbocycles. The molecule has 4 rings (SSSR count). The van der Waals surface area contributed by atoms with E-state index < -0.39 is 0 Å². The number of ether oxygens (including phenoxy) is 1.